The Labute approximate surface area is 174 Å². The minimum Gasteiger partial charge on any atom is -0.454 e. The van der Waals surface area contributed by atoms with E-state index in [0.29, 0.717) is 22.9 Å². The minimum atomic E-state index is -3.72. The quantitative estimate of drug-likeness (QED) is 0.628. The molecule has 0 aliphatic carbocycles. The van der Waals surface area contributed by atoms with Gasteiger partial charge in [0.2, 0.25) is 22.5 Å². The van der Waals surface area contributed by atoms with Gasteiger partial charge < -0.3 is 20.1 Å². The Morgan fingerprint density at radius 2 is 1.70 bits per heavy atom. The third-order valence-corrected chi connectivity index (χ3v) is 6.43. The zero-order valence-electron chi connectivity index (χ0n) is 16.2. The van der Waals surface area contributed by atoms with Crippen LogP contribution in [0.2, 0.25) is 0 Å². The van der Waals surface area contributed by atoms with Crippen molar-refractivity contribution in [2.45, 2.75) is 16.7 Å². The summed E-state index contributed by atoms with van der Waals surface area (Å²) in [5.41, 5.74) is 1.89. The first kappa shape index (κ1) is 19.8. The molecular formula is C22H20N2O5S. The fraction of sp³-hybridized carbons (Fsp3) is 0.136. The molecule has 0 aromatic heterocycles. The molecule has 3 aromatic carbocycles. The number of carbonyl (C=O) groups excluding carboxylic acids is 1. The Balaban J connectivity index is 1.48. The number of nitrogens with one attached hydrogen (secondary N) is 2. The van der Waals surface area contributed by atoms with E-state index in [1.807, 2.05) is 6.92 Å². The summed E-state index contributed by atoms with van der Waals surface area (Å²) in [5, 5.41) is 5.68. The maximum absolute atomic E-state index is 13.0. The molecule has 1 aliphatic heterocycles. The number of amides is 1. The van der Waals surface area contributed by atoms with Crippen LogP contribution in [-0.4, -0.2) is 27.7 Å². The monoisotopic (exact) mass is 424 g/mol. The predicted molar refractivity (Wildman–Crippen MR) is 113 cm³/mol. The van der Waals surface area contributed by atoms with E-state index in [1.54, 1.807) is 60.7 Å². The number of hydrogen-bond acceptors (Lipinski definition) is 6. The second-order valence-electron chi connectivity index (χ2n) is 6.78. The van der Waals surface area contributed by atoms with E-state index in [1.165, 1.54) is 6.07 Å². The van der Waals surface area contributed by atoms with Gasteiger partial charge >= 0.3 is 0 Å². The lowest BCUT2D eigenvalue weighted by Crippen LogP contribution is -2.22. The highest BCUT2D eigenvalue weighted by Gasteiger charge is 2.21. The van der Waals surface area contributed by atoms with Crippen LogP contribution in [0.4, 0.5) is 11.4 Å². The predicted octanol–water partition coefficient (Wildman–Crippen LogP) is 3.61. The van der Waals surface area contributed by atoms with Crippen LogP contribution >= 0.6 is 0 Å². The van der Waals surface area contributed by atoms with Gasteiger partial charge in [-0.05, 0) is 43.3 Å². The molecule has 0 fully saturated rings. The molecule has 4 rings (SSSR count). The summed E-state index contributed by atoms with van der Waals surface area (Å²) in [6, 6.07) is 18.3. The summed E-state index contributed by atoms with van der Waals surface area (Å²) in [7, 11) is -3.72. The lowest BCUT2D eigenvalue weighted by molar-refractivity contribution is -0.114. The number of para-hydroxylation sites is 1. The van der Waals surface area contributed by atoms with Crippen molar-refractivity contribution in [2.75, 3.05) is 24.0 Å². The number of ether oxygens (including phenoxy) is 2. The molecule has 0 radical (unpaired) electrons. The van der Waals surface area contributed by atoms with E-state index in [-0.39, 0.29) is 29.0 Å². The summed E-state index contributed by atoms with van der Waals surface area (Å²) < 4.78 is 36.6. The Hall–Kier alpha value is -3.52. The third-order valence-electron chi connectivity index (χ3n) is 4.60. The summed E-state index contributed by atoms with van der Waals surface area (Å²) in [5.74, 6) is 0.869. The van der Waals surface area contributed by atoms with Crippen LogP contribution < -0.4 is 20.1 Å². The smallest absolute Gasteiger partial charge is 0.243 e. The number of sulfone groups is 1. The van der Waals surface area contributed by atoms with Gasteiger partial charge in [0.05, 0.1) is 22.0 Å². The topological polar surface area (TPSA) is 93.7 Å². The van der Waals surface area contributed by atoms with Gasteiger partial charge in [-0.3, -0.25) is 4.79 Å². The van der Waals surface area contributed by atoms with Gasteiger partial charge in [0.15, 0.2) is 11.5 Å². The second-order valence-corrected chi connectivity index (χ2v) is 8.70. The van der Waals surface area contributed by atoms with Crippen molar-refractivity contribution < 1.29 is 22.7 Å². The van der Waals surface area contributed by atoms with E-state index in [4.69, 9.17) is 9.47 Å². The van der Waals surface area contributed by atoms with Crippen molar-refractivity contribution in [3.63, 3.8) is 0 Å². The number of carbonyl (C=O) groups is 1. The van der Waals surface area contributed by atoms with Crippen LogP contribution in [0.25, 0.3) is 0 Å². The number of rotatable bonds is 6. The van der Waals surface area contributed by atoms with Crippen molar-refractivity contribution >= 4 is 27.1 Å². The molecule has 0 atom stereocenters. The molecular weight excluding hydrogens is 404 g/mol. The second kappa shape index (κ2) is 8.08. The van der Waals surface area contributed by atoms with Crippen molar-refractivity contribution in [3.8, 4) is 11.5 Å². The van der Waals surface area contributed by atoms with Crippen LogP contribution in [0.1, 0.15) is 5.56 Å². The fourth-order valence-electron chi connectivity index (χ4n) is 3.05. The van der Waals surface area contributed by atoms with Gasteiger partial charge in [0.1, 0.15) is 0 Å². The number of aryl methyl sites for hydroxylation is 1. The maximum atomic E-state index is 13.0. The molecule has 0 spiro atoms. The normalized spacial score (nSPS) is 12.4. The number of hydrogen-bond donors (Lipinski definition) is 2. The molecule has 30 heavy (non-hydrogen) atoms. The van der Waals surface area contributed by atoms with E-state index in [2.05, 4.69) is 10.6 Å². The molecule has 1 amide bonds. The summed E-state index contributed by atoms with van der Waals surface area (Å²) in [4.78, 5) is 12.7. The summed E-state index contributed by atoms with van der Waals surface area (Å²) in [6.45, 7) is 1.94. The van der Waals surface area contributed by atoms with Crippen LogP contribution in [0.15, 0.2) is 76.5 Å². The van der Waals surface area contributed by atoms with Gasteiger partial charge in [-0.2, -0.15) is 0 Å². The number of anilines is 2. The fourth-order valence-corrected chi connectivity index (χ4v) is 4.48. The standard InChI is InChI=1S/C22H20N2O5S/c1-15-6-9-17(10-7-15)30(26,27)21-5-3-2-4-18(21)23-13-22(25)24-16-8-11-19-20(12-16)29-14-28-19/h2-12,23H,13-14H2,1H3,(H,24,25). The lowest BCUT2D eigenvalue weighted by Gasteiger charge is -2.13. The van der Waals surface area contributed by atoms with E-state index >= 15 is 0 Å². The van der Waals surface area contributed by atoms with Gasteiger partial charge in [-0.25, -0.2) is 8.42 Å². The SMILES string of the molecule is Cc1ccc(S(=O)(=O)c2ccccc2NCC(=O)Nc2ccc3c(c2)OCO3)cc1. The molecule has 154 valence electrons. The Morgan fingerprint density at radius 3 is 2.50 bits per heavy atom. The van der Waals surface area contributed by atoms with E-state index < -0.39 is 9.84 Å². The number of benzene rings is 3. The van der Waals surface area contributed by atoms with Crippen molar-refractivity contribution in [3.05, 3.63) is 72.3 Å². The minimum absolute atomic E-state index is 0.102. The van der Waals surface area contributed by atoms with Crippen molar-refractivity contribution in [2.24, 2.45) is 0 Å². The average molecular weight is 424 g/mol. The molecule has 3 aromatic rings. The first-order valence-corrected chi connectivity index (χ1v) is 10.8. The molecule has 7 nitrogen and oxygen atoms in total. The molecule has 0 bridgehead atoms. The highest BCUT2D eigenvalue weighted by Crippen LogP contribution is 2.34. The zero-order valence-corrected chi connectivity index (χ0v) is 17.0. The Kier molecular flexibility index (Phi) is 5.33. The third kappa shape index (κ3) is 4.08. The van der Waals surface area contributed by atoms with Gasteiger partial charge in [0, 0.05) is 11.8 Å². The average Bonchev–Trinajstić information content (AvgIpc) is 3.21. The highest BCUT2D eigenvalue weighted by molar-refractivity contribution is 7.91. The van der Waals surface area contributed by atoms with Crippen LogP contribution in [0.3, 0.4) is 0 Å². The van der Waals surface area contributed by atoms with Gasteiger partial charge in [-0.15, -0.1) is 0 Å². The Bertz CT molecular complexity index is 1190. The lowest BCUT2D eigenvalue weighted by atomic mass is 10.2. The first-order chi connectivity index (χ1) is 14.4. The van der Waals surface area contributed by atoms with E-state index in [9.17, 15) is 13.2 Å². The van der Waals surface area contributed by atoms with Crippen LogP contribution in [0, 0.1) is 6.92 Å². The van der Waals surface area contributed by atoms with Gasteiger partial charge in [-0.1, -0.05) is 29.8 Å². The van der Waals surface area contributed by atoms with Crippen molar-refractivity contribution in [1.82, 2.24) is 0 Å². The largest absolute Gasteiger partial charge is 0.454 e. The molecule has 2 N–H and O–H groups in total. The molecule has 1 aliphatic rings. The molecule has 8 heteroatoms. The number of fused-ring (bicyclic) bond motifs is 1. The summed E-state index contributed by atoms with van der Waals surface area (Å²) in [6.07, 6.45) is 0. The maximum Gasteiger partial charge on any atom is 0.243 e. The Morgan fingerprint density at radius 1 is 0.967 bits per heavy atom. The van der Waals surface area contributed by atoms with Gasteiger partial charge in [0.25, 0.3) is 0 Å². The first-order valence-electron chi connectivity index (χ1n) is 9.28. The van der Waals surface area contributed by atoms with Crippen molar-refractivity contribution in [1.29, 1.82) is 0 Å². The molecule has 0 unspecified atom stereocenters. The van der Waals surface area contributed by atoms with Crippen LogP contribution in [-0.2, 0) is 14.6 Å². The summed E-state index contributed by atoms with van der Waals surface area (Å²) >= 11 is 0. The highest BCUT2D eigenvalue weighted by atomic mass is 32.2. The molecule has 0 saturated carbocycles. The van der Waals surface area contributed by atoms with Crippen LogP contribution in [0.5, 0.6) is 11.5 Å². The zero-order chi connectivity index (χ0) is 21.1. The molecule has 1 heterocycles. The van der Waals surface area contributed by atoms with E-state index in [0.717, 1.165) is 5.56 Å². The molecule has 0 saturated heterocycles.